The van der Waals surface area contributed by atoms with E-state index in [1.54, 1.807) is 6.92 Å². The number of aliphatic hydroxyl groups excluding tert-OH is 1. The van der Waals surface area contributed by atoms with Gasteiger partial charge in [-0.05, 0) is 30.6 Å². The largest absolute Gasteiger partial charge is 0.383 e. The molecule has 0 aromatic rings. The summed E-state index contributed by atoms with van der Waals surface area (Å²) >= 11 is 0. The lowest BCUT2D eigenvalue weighted by Crippen LogP contribution is -2.36. The Morgan fingerprint density at radius 1 is 1.69 bits per heavy atom. The molecule has 0 radical (unpaired) electrons. The molecule has 3 heteroatoms. The zero-order valence-electron chi connectivity index (χ0n) is 10.7. The number of hydrogen-bond donors (Lipinski definition) is 2. The number of carbonyl (C=O) groups excluding carboxylic acids is 1. The molecule has 1 rings (SSSR count). The fraction of sp³-hybridized carbons (Fsp3) is 0.769. The molecule has 0 spiro atoms. The summed E-state index contributed by atoms with van der Waals surface area (Å²) in [5.74, 6) is 0.299. The third kappa shape index (κ3) is 3.63. The number of allylic oxidation sites excluding steroid dienone is 2. The first-order chi connectivity index (χ1) is 7.34. The molecule has 1 aliphatic carbocycles. The second kappa shape index (κ2) is 5.00. The van der Waals surface area contributed by atoms with Crippen LogP contribution in [-0.2, 0) is 4.79 Å². The minimum Gasteiger partial charge on any atom is -0.383 e. The van der Waals surface area contributed by atoms with Crippen molar-refractivity contribution in [1.29, 1.82) is 0 Å². The highest BCUT2D eigenvalue weighted by molar-refractivity contribution is 5.82. The van der Waals surface area contributed by atoms with Gasteiger partial charge in [-0.2, -0.15) is 0 Å². The average molecular weight is 225 g/mol. The van der Waals surface area contributed by atoms with Crippen LogP contribution in [0.3, 0.4) is 0 Å². The van der Waals surface area contributed by atoms with E-state index in [4.69, 9.17) is 0 Å². The van der Waals surface area contributed by atoms with Crippen LogP contribution in [0.25, 0.3) is 0 Å². The maximum absolute atomic E-state index is 11.6. The molecule has 0 aromatic heterocycles. The summed E-state index contributed by atoms with van der Waals surface area (Å²) < 4.78 is 0. The van der Waals surface area contributed by atoms with E-state index >= 15 is 0 Å². The molecule has 3 nitrogen and oxygen atoms in total. The lowest BCUT2D eigenvalue weighted by Gasteiger charge is -2.32. The molecular formula is C13H23NO2. The molecule has 1 amide bonds. The molecule has 16 heavy (non-hydrogen) atoms. The fourth-order valence-electron chi connectivity index (χ4n) is 2.45. The average Bonchev–Trinajstić information content (AvgIpc) is 2.12. The Labute approximate surface area is 97.9 Å². The van der Waals surface area contributed by atoms with Gasteiger partial charge in [0.2, 0.25) is 0 Å². The molecule has 2 unspecified atom stereocenters. The van der Waals surface area contributed by atoms with E-state index in [0.29, 0.717) is 12.3 Å². The van der Waals surface area contributed by atoms with E-state index in [-0.39, 0.29) is 11.3 Å². The standard InChI is InChI=1S/C13H23NO2/c1-5-11(15)12(16)14-10-6-9(2)7-13(3,4)8-10/h8-9,11,15H,5-7H2,1-4H3,(H,14,16). The molecule has 0 fully saturated rings. The topological polar surface area (TPSA) is 49.3 Å². The number of carbonyl (C=O) groups is 1. The van der Waals surface area contributed by atoms with Crippen molar-refractivity contribution in [3.8, 4) is 0 Å². The Kier molecular flexibility index (Phi) is 4.14. The summed E-state index contributed by atoms with van der Waals surface area (Å²) in [6.07, 6.45) is 3.72. The van der Waals surface area contributed by atoms with E-state index in [1.807, 2.05) is 0 Å². The van der Waals surface area contributed by atoms with Crippen molar-refractivity contribution < 1.29 is 9.90 Å². The lowest BCUT2D eigenvalue weighted by molar-refractivity contribution is -0.128. The van der Waals surface area contributed by atoms with E-state index in [0.717, 1.165) is 18.5 Å². The van der Waals surface area contributed by atoms with E-state index in [2.05, 4.69) is 32.2 Å². The van der Waals surface area contributed by atoms with Gasteiger partial charge in [0.1, 0.15) is 6.10 Å². The molecule has 2 atom stereocenters. The molecule has 0 saturated carbocycles. The third-order valence-electron chi connectivity index (χ3n) is 2.98. The van der Waals surface area contributed by atoms with Gasteiger partial charge in [0.25, 0.3) is 5.91 Å². The molecule has 0 bridgehead atoms. The van der Waals surface area contributed by atoms with Crippen molar-refractivity contribution in [3.05, 3.63) is 11.8 Å². The van der Waals surface area contributed by atoms with Crippen LogP contribution >= 0.6 is 0 Å². The van der Waals surface area contributed by atoms with Crippen LogP contribution in [0.4, 0.5) is 0 Å². The molecule has 1 aliphatic rings. The monoisotopic (exact) mass is 225 g/mol. The minimum atomic E-state index is -0.888. The highest BCUT2D eigenvalue weighted by Crippen LogP contribution is 2.35. The Morgan fingerprint density at radius 3 is 2.81 bits per heavy atom. The highest BCUT2D eigenvalue weighted by Gasteiger charge is 2.26. The van der Waals surface area contributed by atoms with E-state index < -0.39 is 6.10 Å². The van der Waals surface area contributed by atoms with Gasteiger partial charge in [-0.25, -0.2) is 0 Å². The van der Waals surface area contributed by atoms with Crippen LogP contribution in [0, 0.1) is 11.3 Å². The number of rotatable bonds is 3. The number of amides is 1. The molecule has 0 saturated heterocycles. The van der Waals surface area contributed by atoms with Crippen molar-refractivity contribution in [2.45, 2.75) is 53.1 Å². The number of aliphatic hydroxyl groups is 1. The lowest BCUT2D eigenvalue weighted by atomic mass is 9.76. The van der Waals surface area contributed by atoms with Gasteiger partial charge in [-0.1, -0.05) is 33.8 Å². The number of hydrogen-bond acceptors (Lipinski definition) is 2. The molecule has 92 valence electrons. The normalized spacial score (nSPS) is 25.8. The van der Waals surface area contributed by atoms with Gasteiger partial charge in [0.05, 0.1) is 0 Å². The van der Waals surface area contributed by atoms with Gasteiger partial charge >= 0.3 is 0 Å². The van der Waals surface area contributed by atoms with Crippen LogP contribution in [0.2, 0.25) is 0 Å². The summed E-state index contributed by atoms with van der Waals surface area (Å²) in [6, 6.07) is 0. The van der Waals surface area contributed by atoms with E-state index in [9.17, 15) is 9.90 Å². The summed E-state index contributed by atoms with van der Waals surface area (Å²) in [6.45, 7) is 8.33. The van der Waals surface area contributed by atoms with E-state index in [1.165, 1.54) is 0 Å². The molecule has 0 aromatic carbocycles. The Balaban J connectivity index is 2.67. The minimum absolute atomic E-state index is 0.136. The highest BCUT2D eigenvalue weighted by atomic mass is 16.3. The fourth-order valence-corrected chi connectivity index (χ4v) is 2.45. The van der Waals surface area contributed by atoms with Crippen LogP contribution in [-0.4, -0.2) is 17.1 Å². The van der Waals surface area contributed by atoms with Crippen LogP contribution in [0.1, 0.15) is 47.0 Å². The first kappa shape index (κ1) is 13.2. The maximum atomic E-state index is 11.6. The smallest absolute Gasteiger partial charge is 0.252 e. The summed E-state index contributed by atoms with van der Waals surface area (Å²) in [7, 11) is 0. The van der Waals surface area contributed by atoms with Gasteiger partial charge in [-0.15, -0.1) is 0 Å². The number of nitrogens with one attached hydrogen (secondary N) is 1. The van der Waals surface area contributed by atoms with Crippen LogP contribution in [0.15, 0.2) is 11.8 Å². The zero-order valence-corrected chi connectivity index (χ0v) is 10.7. The van der Waals surface area contributed by atoms with Crippen molar-refractivity contribution in [3.63, 3.8) is 0 Å². The summed E-state index contributed by atoms with van der Waals surface area (Å²) in [5, 5.41) is 12.2. The Hall–Kier alpha value is -0.830. The van der Waals surface area contributed by atoms with Gasteiger partial charge in [0.15, 0.2) is 0 Å². The van der Waals surface area contributed by atoms with Crippen molar-refractivity contribution in [2.75, 3.05) is 0 Å². The van der Waals surface area contributed by atoms with Crippen molar-refractivity contribution in [1.82, 2.24) is 5.32 Å². The second-order valence-electron chi connectivity index (χ2n) is 5.58. The Morgan fingerprint density at radius 2 is 2.31 bits per heavy atom. The van der Waals surface area contributed by atoms with Crippen LogP contribution < -0.4 is 5.32 Å². The maximum Gasteiger partial charge on any atom is 0.252 e. The molecule has 2 N–H and O–H groups in total. The quantitative estimate of drug-likeness (QED) is 0.773. The van der Waals surface area contributed by atoms with Crippen molar-refractivity contribution in [2.24, 2.45) is 11.3 Å². The zero-order chi connectivity index (χ0) is 12.3. The first-order valence-electron chi connectivity index (χ1n) is 6.04. The van der Waals surface area contributed by atoms with Gasteiger partial charge < -0.3 is 10.4 Å². The first-order valence-corrected chi connectivity index (χ1v) is 6.04. The second-order valence-corrected chi connectivity index (χ2v) is 5.58. The van der Waals surface area contributed by atoms with Gasteiger partial charge in [0, 0.05) is 5.70 Å². The SMILES string of the molecule is CCC(O)C(=O)NC1=CC(C)(C)CC(C)C1. The third-order valence-corrected chi connectivity index (χ3v) is 2.98. The predicted octanol–water partition coefficient (Wildman–Crippen LogP) is 2.21. The van der Waals surface area contributed by atoms with Crippen molar-refractivity contribution >= 4 is 5.91 Å². The summed E-state index contributed by atoms with van der Waals surface area (Å²) in [5.41, 5.74) is 1.10. The van der Waals surface area contributed by atoms with Gasteiger partial charge in [-0.3, -0.25) is 4.79 Å². The van der Waals surface area contributed by atoms with Crippen LogP contribution in [0.5, 0.6) is 0 Å². The molecule has 0 aliphatic heterocycles. The summed E-state index contributed by atoms with van der Waals surface area (Å²) in [4.78, 5) is 11.6. The predicted molar refractivity (Wildman–Crippen MR) is 64.7 cm³/mol. The molecular weight excluding hydrogens is 202 g/mol. The Bertz CT molecular complexity index is 294. The molecule has 0 heterocycles.